The highest BCUT2D eigenvalue weighted by atomic mass is 32.2. The zero-order chi connectivity index (χ0) is 13.4. The third-order valence-electron chi connectivity index (χ3n) is 2.55. The van der Waals surface area contributed by atoms with Crippen LogP contribution in [0, 0.1) is 0 Å². The first-order valence-corrected chi connectivity index (χ1v) is 7.27. The maximum Gasteiger partial charge on any atom is 0.316 e. The Morgan fingerprint density at radius 2 is 2.00 bits per heavy atom. The molecule has 0 radical (unpaired) electrons. The number of benzene rings is 1. The molecule has 0 aliphatic carbocycles. The van der Waals surface area contributed by atoms with Gasteiger partial charge < -0.3 is 10.1 Å². The smallest absolute Gasteiger partial charge is 0.316 e. The van der Waals surface area contributed by atoms with Crippen LogP contribution >= 0.6 is 11.8 Å². The lowest BCUT2D eigenvalue weighted by Crippen LogP contribution is -2.17. The van der Waals surface area contributed by atoms with Crippen LogP contribution in [0.1, 0.15) is 32.4 Å². The zero-order valence-corrected chi connectivity index (χ0v) is 12.0. The molecule has 0 heterocycles. The fourth-order valence-corrected chi connectivity index (χ4v) is 2.32. The van der Waals surface area contributed by atoms with Gasteiger partial charge in [0.2, 0.25) is 0 Å². The minimum absolute atomic E-state index is 0.160. The summed E-state index contributed by atoms with van der Waals surface area (Å²) in [4.78, 5) is 12.3. The van der Waals surface area contributed by atoms with E-state index in [0.29, 0.717) is 18.4 Å². The van der Waals surface area contributed by atoms with Gasteiger partial charge in [-0.05, 0) is 38.1 Å². The lowest BCUT2D eigenvalue weighted by molar-refractivity contribution is -0.139. The Labute approximate surface area is 113 Å². The van der Waals surface area contributed by atoms with Crippen LogP contribution in [-0.2, 0) is 9.53 Å². The maximum absolute atomic E-state index is 11.2. The van der Waals surface area contributed by atoms with E-state index in [2.05, 4.69) is 31.3 Å². The molecule has 1 unspecified atom stereocenters. The van der Waals surface area contributed by atoms with Gasteiger partial charge in [0.15, 0.2) is 0 Å². The van der Waals surface area contributed by atoms with Gasteiger partial charge in [0.1, 0.15) is 0 Å². The predicted molar refractivity (Wildman–Crippen MR) is 75.9 cm³/mol. The summed E-state index contributed by atoms with van der Waals surface area (Å²) in [7, 11) is 0. The molecule has 0 aliphatic rings. The molecular formula is C14H21NO2S. The Hall–Kier alpha value is -1.00. The van der Waals surface area contributed by atoms with Crippen molar-refractivity contribution >= 4 is 17.7 Å². The third-order valence-corrected chi connectivity index (χ3v) is 3.54. The minimum atomic E-state index is -0.160. The fourth-order valence-electron chi connectivity index (χ4n) is 1.62. The largest absolute Gasteiger partial charge is 0.465 e. The van der Waals surface area contributed by atoms with Crippen molar-refractivity contribution in [3.8, 4) is 0 Å². The Kier molecular flexibility index (Phi) is 6.83. The van der Waals surface area contributed by atoms with E-state index in [4.69, 9.17) is 4.74 Å². The van der Waals surface area contributed by atoms with Crippen LogP contribution in [0.2, 0.25) is 0 Å². The molecule has 0 saturated heterocycles. The molecule has 3 nitrogen and oxygen atoms in total. The van der Waals surface area contributed by atoms with E-state index >= 15 is 0 Å². The third kappa shape index (κ3) is 5.10. The quantitative estimate of drug-likeness (QED) is 0.609. The van der Waals surface area contributed by atoms with Crippen molar-refractivity contribution in [2.75, 3.05) is 18.9 Å². The van der Waals surface area contributed by atoms with Crippen molar-refractivity contribution in [3.05, 3.63) is 29.8 Å². The monoisotopic (exact) mass is 267 g/mol. The summed E-state index contributed by atoms with van der Waals surface area (Å²) in [6.45, 7) is 7.46. The standard InChI is InChI=1S/C14H21NO2S/c1-4-15-11(3)12-6-8-13(9-7-12)18-10-14(16)17-5-2/h6-9,11,15H,4-5,10H2,1-3H3. The Morgan fingerprint density at radius 1 is 1.33 bits per heavy atom. The molecule has 0 aliphatic heterocycles. The average molecular weight is 267 g/mol. The van der Waals surface area contributed by atoms with Crippen LogP contribution in [-0.4, -0.2) is 24.9 Å². The Morgan fingerprint density at radius 3 is 2.56 bits per heavy atom. The van der Waals surface area contributed by atoms with E-state index in [1.54, 1.807) is 0 Å². The van der Waals surface area contributed by atoms with E-state index in [1.807, 2.05) is 19.1 Å². The molecule has 4 heteroatoms. The van der Waals surface area contributed by atoms with Crippen LogP contribution in [0.4, 0.5) is 0 Å². The molecule has 1 rings (SSSR count). The summed E-state index contributed by atoms with van der Waals surface area (Å²) >= 11 is 1.51. The molecule has 18 heavy (non-hydrogen) atoms. The molecule has 100 valence electrons. The van der Waals surface area contributed by atoms with Gasteiger partial charge in [-0.15, -0.1) is 11.8 Å². The molecule has 1 atom stereocenters. The molecule has 0 spiro atoms. The highest BCUT2D eigenvalue weighted by Crippen LogP contribution is 2.21. The molecule has 1 N–H and O–H groups in total. The van der Waals surface area contributed by atoms with Gasteiger partial charge in [-0.3, -0.25) is 4.79 Å². The second-order valence-corrected chi connectivity index (χ2v) is 4.99. The zero-order valence-electron chi connectivity index (χ0n) is 11.2. The molecule has 0 amide bonds. The molecule has 0 fully saturated rings. The maximum atomic E-state index is 11.2. The molecule has 1 aromatic carbocycles. The highest BCUT2D eigenvalue weighted by molar-refractivity contribution is 8.00. The van der Waals surface area contributed by atoms with E-state index in [0.717, 1.165) is 11.4 Å². The molecular weight excluding hydrogens is 246 g/mol. The summed E-state index contributed by atoms with van der Waals surface area (Å²) in [5, 5.41) is 3.37. The van der Waals surface area contributed by atoms with Gasteiger partial charge in [0.05, 0.1) is 12.4 Å². The van der Waals surface area contributed by atoms with Gasteiger partial charge in [-0.2, -0.15) is 0 Å². The van der Waals surface area contributed by atoms with Crippen LogP contribution in [0.25, 0.3) is 0 Å². The van der Waals surface area contributed by atoms with Crippen LogP contribution in [0.3, 0.4) is 0 Å². The topological polar surface area (TPSA) is 38.3 Å². The summed E-state index contributed by atoms with van der Waals surface area (Å²) in [5.74, 6) is 0.211. The number of carbonyl (C=O) groups is 1. The summed E-state index contributed by atoms with van der Waals surface area (Å²) in [6.07, 6.45) is 0. The Bertz CT molecular complexity index is 365. The van der Waals surface area contributed by atoms with E-state index in [-0.39, 0.29) is 5.97 Å². The van der Waals surface area contributed by atoms with Crippen LogP contribution < -0.4 is 5.32 Å². The summed E-state index contributed by atoms with van der Waals surface area (Å²) < 4.78 is 4.89. The second-order valence-electron chi connectivity index (χ2n) is 3.94. The predicted octanol–water partition coefficient (Wildman–Crippen LogP) is 3.01. The first-order chi connectivity index (χ1) is 8.67. The number of ether oxygens (including phenoxy) is 1. The van der Waals surface area contributed by atoms with E-state index in [1.165, 1.54) is 17.3 Å². The van der Waals surface area contributed by atoms with Crippen molar-refractivity contribution in [1.29, 1.82) is 0 Å². The lowest BCUT2D eigenvalue weighted by Gasteiger charge is -2.12. The molecule has 0 bridgehead atoms. The first kappa shape index (κ1) is 15.1. The normalized spacial score (nSPS) is 12.2. The number of thioether (sulfide) groups is 1. The minimum Gasteiger partial charge on any atom is -0.465 e. The number of esters is 1. The average Bonchev–Trinajstić information content (AvgIpc) is 2.37. The number of carbonyl (C=O) groups excluding carboxylic acids is 1. The van der Waals surface area contributed by atoms with Crippen LogP contribution in [0.5, 0.6) is 0 Å². The van der Waals surface area contributed by atoms with Gasteiger partial charge >= 0.3 is 5.97 Å². The van der Waals surface area contributed by atoms with Gasteiger partial charge in [-0.25, -0.2) is 0 Å². The number of rotatable bonds is 7. The van der Waals surface area contributed by atoms with Crippen molar-refractivity contribution in [3.63, 3.8) is 0 Å². The van der Waals surface area contributed by atoms with Crippen molar-refractivity contribution in [2.24, 2.45) is 0 Å². The van der Waals surface area contributed by atoms with E-state index < -0.39 is 0 Å². The number of hydrogen-bond acceptors (Lipinski definition) is 4. The van der Waals surface area contributed by atoms with Crippen molar-refractivity contribution in [2.45, 2.75) is 31.7 Å². The molecule has 0 saturated carbocycles. The fraction of sp³-hybridized carbons (Fsp3) is 0.500. The Balaban J connectivity index is 2.47. The number of nitrogens with one attached hydrogen (secondary N) is 1. The summed E-state index contributed by atoms with van der Waals surface area (Å²) in [6, 6.07) is 8.65. The molecule has 0 aromatic heterocycles. The number of hydrogen-bond donors (Lipinski definition) is 1. The van der Waals surface area contributed by atoms with Gasteiger partial charge in [-0.1, -0.05) is 19.1 Å². The van der Waals surface area contributed by atoms with Gasteiger partial charge in [0.25, 0.3) is 0 Å². The molecule has 1 aromatic rings. The van der Waals surface area contributed by atoms with Gasteiger partial charge in [0, 0.05) is 10.9 Å². The van der Waals surface area contributed by atoms with Crippen molar-refractivity contribution < 1.29 is 9.53 Å². The van der Waals surface area contributed by atoms with E-state index in [9.17, 15) is 4.79 Å². The lowest BCUT2D eigenvalue weighted by atomic mass is 10.1. The summed E-state index contributed by atoms with van der Waals surface area (Å²) in [5.41, 5.74) is 1.26. The highest BCUT2D eigenvalue weighted by Gasteiger charge is 2.05. The first-order valence-electron chi connectivity index (χ1n) is 6.29. The van der Waals surface area contributed by atoms with Crippen molar-refractivity contribution in [1.82, 2.24) is 5.32 Å². The van der Waals surface area contributed by atoms with Crippen LogP contribution in [0.15, 0.2) is 29.2 Å². The second kappa shape index (κ2) is 8.16. The SMILES string of the molecule is CCNC(C)c1ccc(SCC(=O)OCC)cc1.